The van der Waals surface area contributed by atoms with E-state index in [0.717, 1.165) is 12.8 Å². The van der Waals surface area contributed by atoms with Crippen LogP contribution in [0.15, 0.2) is 54.6 Å². The van der Waals surface area contributed by atoms with Gasteiger partial charge in [-0.15, -0.1) is 0 Å². The van der Waals surface area contributed by atoms with Gasteiger partial charge in [-0.1, -0.05) is 42.5 Å². The first-order valence-electron chi connectivity index (χ1n) is 10.6. The Balaban J connectivity index is 1.70. The Labute approximate surface area is 179 Å². The van der Waals surface area contributed by atoms with Crippen molar-refractivity contribution >= 4 is 5.97 Å². The number of aliphatic hydroxyl groups excluding tert-OH is 2. The second kappa shape index (κ2) is 13.2. The third-order valence-corrected chi connectivity index (χ3v) is 4.76. The molecular weight excluding hydrogens is 384 g/mol. The Morgan fingerprint density at radius 1 is 1.27 bits per heavy atom. The first kappa shape index (κ1) is 24.1. The molecular formula is C24H34O6. The van der Waals surface area contributed by atoms with Crippen LogP contribution in [0.4, 0.5) is 0 Å². The maximum absolute atomic E-state index is 11.5. The molecule has 0 aliphatic carbocycles. The minimum absolute atomic E-state index is 0.0642. The number of allylic oxidation sites excluding steroid dienone is 2. The second-order valence-corrected chi connectivity index (χ2v) is 7.74. The van der Waals surface area contributed by atoms with E-state index in [1.807, 2.05) is 56.3 Å². The van der Waals surface area contributed by atoms with E-state index in [4.69, 9.17) is 14.2 Å². The number of unbranched alkanes of at least 4 members (excludes halogenated alkanes) is 1. The fourth-order valence-electron chi connectivity index (χ4n) is 3.21. The van der Waals surface area contributed by atoms with E-state index in [1.54, 1.807) is 12.2 Å². The Hall–Kier alpha value is -2.15. The SMILES string of the molecule is CC(C)OC(=O)CCCC=CC[C@H]1[C@@H](O)CO[C@@H]1C=C[C@@H](O)COc1ccccc1. The van der Waals surface area contributed by atoms with E-state index in [1.165, 1.54) is 0 Å². The van der Waals surface area contributed by atoms with E-state index in [9.17, 15) is 15.0 Å². The normalized spacial score (nSPS) is 22.8. The van der Waals surface area contributed by atoms with Gasteiger partial charge in [-0.2, -0.15) is 0 Å². The van der Waals surface area contributed by atoms with Gasteiger partial charge in [0.05, 0.1) is 24.9 Å². The quantitative estimate of drug-likeness (QED) is 0.307. The molecule has 166 valence electrons. The highest BCUT2D eigenvalue weighted by Gasteiger charge is 2.33. The van der Waals surface area contributed by atoms with Gasteiger partial charge in [0.2, 0.25) is 0 Å². The molecule has 0 aromatic heterocycles. The van der Waals surface area contributed by atoms with E-state index < -0.39 is 12.2 Å². The van der Waals surface area contributed by atoms with Gasteiger partial charge in [0, 0.05) is 12.3 Å². The molecule has 0 spiro atoms. The zero-order valence-corrected chi connectivity index (χ0v) is 17.9. The fourth-order valence-corrected chi connectivity index (χ4v) is 3.21. The number of ether oxygens (including phenoxy) is 3. The number of para-hydroxylation sites is 1. The van der Waals surface area contributed by atoms with Gasteiger partial charge in [-0.05, 0) is 45.2 Å². The minimum Gasteiger partial charge on any atom is -0.491 e. The lowest BCUT2D eigenvalue weighted by atomic mass is 9.94. The zero-order valence-electron chi connectivity index (χ0n) is 17.9. The lowest BCUT2D eigenvalue weighted by molar-refractivity contribution is -0.147. The van der Waals surface area contributed by atoms with Gasteiger partial charge in [-0.25, -0.2) is 0 Å². The summed E-state index contributed by atoms with van der Waals surface area (Å²) in [6.45, 7) is 4.12. The predicted molar refractivity (Wildman–Crippen MR) is 115 cm³/mol. The first-order valence-corrected chi connectivity index (χ1v) is 10.6. The van der Waals surface area contributed by atoms with Gasteiger partial charge >= 0.3 is 5.97 Å². The van der Waals surface area contributed by atoms with Crippen molar-refractivity contribution in [3.8, 4) is 5.75 Å². The van der Waals surface area contributed by atoms with Gasteiger partial charge in [-0.3, -0.25) is 4.79 Å². The topological polar surface area (TPSA) is 85.2 Å². The van der Waals surface area contributed by atoms with E-state index in [0.29, 0.717) is 18.6 Å². The molecule has 6 heteroatoms. The number of carbonyl (C=O) groups is 1. The molecule has 4 atom stereocenters. The second-order valence-electron chi connectivity index (χ2n) is 7.74. The van der Waals surface area contributed by atoms with Crippen molar-refractivity contribution in [3.05, 3.63) is 54.6 Å². The number of aliphatic hydroxyl groups is 2. The number of hydrogen-bond acceptors (Lipinski definition) is 6. The van der Waals surface area contributed by atoms with Crippen LogP contribution in [0, 0.1) is 5.92 Å². The summed E-state index contributed by atoms with van der Waals surface area (Å²) in [5, 5.41) is 20.3. The molecule has 1 saturated heterocycles. The van der Waals surface area contributed by atoms with Crippen molar-refractivity contribution in [1.82, 2.24) is 0 Å². The summed E-state index contributed by atoms with van der Waals surface area (Å²) < 4.78 is 16.3. The van der Waals surface area contributed by atoms with E-state index >= 15 is 0 Å². The molecule has 2 N–H and O–H groups in total. The molecule has 1 aliphatic heterocycles. The highest BCUT2D eigenvalue weighted by molar-refractivity contribution is 5.69. The van der Waals surface area contributed by atoms with Crippen molar-refractivity contribution in [3.63, 3.8) is 0 Å². The molecule has 1 aromatic rings. The van der Waals surface area contributed by atoms with Crippen LogP contribution in [-0.4, -0.2) is 53.8 Å². The maximum atomic E-state index is 11.5. The summed E-state index contributed by atoms with van der Waals surface area (Å²) in [4.78, 5) is 11.5. The van der Waals surface area contributed by atoms with E-state index in [-0.39, 0.29) is 37.3 Å². The van der Waals surface area contributed by atoms with Crippen molar-refractivity contribution in [2.75, 3.05) is 13.2 Å². The molecule has 1 heterocycles. The Kier molecular flexibility index (Phi) is 10.6. The van der Waals surface area contributed by atoms with Crippen LogP contribution in [0.2, 0.25) is 0 Å². The highest BCUT2D eigenvalue weighted by atomic mass is 16.5. The standard InChI is InChI=1S/C24H34O6/c1-18(2)30-24(27)13-9-4-3-8-12-21-22(26)17-29-23(21)15-14-19(25)16-28-20-10-6-5-7-11-20/h3,5-8,10-11,14-15,18-19,21-23,25-26H,4,9,12-13,16-17H2,1-2H3/t19-,21+,22+,23-/m1/s1. The molecule has 1 aromatic carbocycles. The third kappa shape index (κ3) is 9.11. The Morgan fingerprint density at radius 2 is 2.03 bits per heavy atom. The molecule has 0 amide bonds. The first-order chi connectivity index (χ1) is 14.5. The van der Waals surface area contributed by atoms with Gasteiger partial charge in [0.15, 0.2) is 0 Å². The number of esters is 1. The van der Waals surface area contributed by atoms with Crippen molar-refractivity contribution < 1.29 is 29.2 Å². The average molecular weight is 419 g/mol. The van der Waals surface area contributed by atoms with Crippen LogP contribution in [0.3, 0.4) is 0 Å². The number of rotatable bonds is 12. The molecule has 0 unspecified atom stereocenters. The Morgan fingerprint density at radius 3 is 2.77 bits per heavy atom. The lowest BCUT2D eigenvalue weighted by Crippen LogP contribution is -2.23. The summed E-state index contributed by atoms with van der Waals surface area (Å²) in [7, 11) is 0. The molecule has 0 radical (unpaired) electrons. The molecule has 2 rings (SSSR count). The lowest BCUT2D eigenvalue weighted by Gasteiger charge is -2.16. The van der Waals surface area contributed by atoms with Crippen molar-refractivity contribution in [1.29, 1.82) is 0 Å². The fraction of sp³-hybridized carbons (Fsp3) is 0.542. The van der Waals surface area contributed by atoms with Crippen molar-refractivity contribution in [2.24, 2.45) is 5.92 Å². The molecule has 6 nitrogen and oxygen atoms in total. The van der Waals surface area contributed by atoms with Crippen LogP contribution in [0.25, 0.3) is 0 Å². The summed E-state index contributed by atoms with van der Waals surface area (Å²) >= 11 is 0. The van der Waals surface area contributed by atoms with Crippen LogP contribution in [0.1, 0.15) is 39.5 Å². The number of hydrogen-bond donors (Lipinski definition) is 2. The highest BCUT2D eigenvalue weighted by Crippen LogP contribution is 2.26. The van der Waals surface area contributed by atoms with Crippen LogP contribution < -0.4 is 4.74 Å². The summed E-state index contributed by atoms with van der Waals surface area (Å²) in [5.41, 5.74) is 0. The average Bonchev–Trinajstić information content (AvgIpc) is 3.07. The molecule has 1 fully saturated rings. The molecule has 1 aliphatic rings. The summed E-state index contributed by atoms with van der Waals surface area (Å²) in [6.07, 6.45) is 8.48. The van der Waals surface area contributed by atoms with Crippen LogP contribution in [0.5, 0.6) is 5.75 Å². The minimum atomic E-state index is -0.756. The number of benzene rings is 1. The van der Waals surface area contributed by atoms with E-state index in [2.05, 4.69) is 0 Å². The predicted octanol–water partition coefficient (Wildman–Crippen LogP) is 3.43. The summed E-state index contributed by atoms with van der Waals surface area (Å²) in [5.74, 6) is 0.474. The summed E-state index contributed by atoms with van der Waals surface area (Å²) in [6, 6.07) is 9.33. The molecule has 30 heavy (non-hydrogen) atoms. The van der Waals surface area contributed by atoms with Gasteiger partial charge in [0.1, 0.15) is 18.5 Å². The molecule has 0 bridgehead atoms. The molecule has 0 saturated carbocycles. The zero-order chi connectivity index (χ0) is 21.8. The van der Waals surface area contributed by atoms with Gasteiger partial charge in [0.25, 0.3) is 0 Å². The Bertz CT molecular complexity index is 670. The van der Waals surface area contributed by atoms with Gasteiger partial charge < -0.3 is 24.4 Å². The van der Waals surface area contributed by atoms with Crippen LogP contribution >= 0.6 is 0 Å². The van der Waals surface area contributed by atoms with Crippen molar-refractivity contribution in [2.45, 2.75) is 63.9 Å². The monoisotopic (exact) mass is 418 g/mol. The third-order valence-electron chi connectivity index (χ3n) is 4.76. The number of carbonyl (C=O) groups excluding carboxylic acids is 1. The largest absolute Gasteiger partial charge is 0.491 e. The maximum Gasteiger partial charge on any atom is 0.306 e. The smallest absolute Gasteiger partial charge is 0.306 e. The van der Waals surface area contributed by atoms with Crippen LogP contribution in [-0.2, 0) is 14.3 Å².